The number of halogens is 3. The Morgan fingerprint density at radius 3 is 2.48 bits per heavy atom. The lowest BCUT2D eigenvalue weighted by atomic mass is 10.3. The molecule has 1 fully saturated rings. The van der Waals surface area contributed by atoms with Gasteiger partial charge in [0.15, 0.2) is 0 Å². The van der Waals surface area contributed by atoms with E-state index in [9.17, 15) is 26.4 Å². The van der Waals surface area contributed by atoms with Crippen LogP contribution in [0.3, 0.4) is 0 Å². The zero-order valence-electron chi connectivity index (χ0n) is 13.4. The lowest BCUT2D eigenvalue weighted by Gasteiger charge is -2.29. The topological polar surface area (TPSA) is 79.0 Å². The number of alkyl halides is 3. The molecule has 1 aromatic rings. The summed E-state index contributed by atoms with van der Waals surface area (Å²) in [6.07, 6.45) is -5.03. The molecule has 1 aliphatic rings. The highest BCUT2D eigenvalue weighted by atomic mass is 32.2. The van der Waals surface area contributed by atoms with Crippen molar-refractivity contribution >= 4 is 15.9 Å². The second-order valence-corrected chi connectivity index (χ2v) is 7.40. The average Bonchev–Trinajstić information content (AvgIpc) is 2.54. The Labute approximate surface area is 143 Å². The molecule has 1 aliphatic heterocycles. The number of nitrogens with one attached hydrogen (secondary N) is 1. The molecule has 140 valence electrons. The van der Waals surface area contributed by atoms with Crippen LogP contribution in [0.2, 0.25) is 0 Å². The molecule has 1 N–H and O–H groups in total. The van der Waals surface area contributed by atoms with E-state index in [-0.39, 0.29) is 0 Å². The van der Waals surface area contributed by atoms with Gasteiger partial charge in [-0.1, -0.05) is 12.1 Å². The first-order valence-corrected chi connectivity index (χ1v) is 8.85. The van der Waals surface area contributed by atoms with Gasteiger partial charge in [-0.15, -0.1) is 13.2 Å². The number of carbonyl (C=O) groups is 1. The van der Waals surface area contributed by atoms with Gasteiger partial charge in [-0.2, -0.15) is 4.31 Å². The number of rotatable bonds is 5. The van der Waals surface area contributed by atoms with Crippen molar-refractivity contribution in [2.75, 3.05) is 39.8 Å². The van der Waals surface area contributed by atoms with Crippen LogP contribution in [-0.2, 0) is 14.8 Å². The number of hydrogen-bond acceptors (Lipinski definition) is 5. The van der Waals surface area contributed by atoms with Crippen LogP contribution in [0.15, 0.2) is 29.2 Å². The van der Waals surface area contributed by atoms with Crippen molar-refractivity contribution in [3.63, 3.8) is 0 Å². The van der Waals surface area contributed by atoms with Gasteiger partial charge in [-0.25, -0.2) is 8.42 Å². The molecule has 0 atom stereocenters. The molecule has 0 bridgehead atoms. The van der Waals surface area contributed by atoms with E-state index in [1.54, 1.807) is 0 Å². The summed E-state index contributed by atoms with van der Waals surface area (Å²) >= 11 is 0. The van der Waals surface area contributed by atoms with Crippen molar-refractivity contribution in [2.24, 2.45) is 0 Å². The third-order valence-electron chi connectivity index (χ3n) is 3.59. The van der Waals surface area contributed by atoms with Gasteiger partial charge in [0.05, 0.1) is 6.54 Å². The fourth-order valence-corrected chi connectivity index (χ4v) is 3.56. The van der Waals surface area contributed by atoms with Crippen molar-refractivity contribution in [3.05, 3.63) is 24.3 Å². The number of hydrogen-bond donors (Lipinski definition) is 1. The molecular weight excluding hydrogens is 363 g/mol. The maximum Gasteiger partial charge on any atom is 0.573 e. The van der Waals surface area contributed by atoms with Crippen LogP contribution in [0, 0.1) is 0 Å². The van der Waals surface area contributed by atoms with E-state index < -0.39 is 39.5 Å². The minimum Gasteiger partial charge on any atom is -0.404 e. The number of para-hydroxylation sites is 1. The van der Waals surface area contributed by atoms with Crippen molar-refractivity contribution in [1.82, 2.24) is 14.5 Å². The van der Waals surface area contributed by atoms with Gasteiger partial charge in [0.1, 0.15) is 10.6 Å². The molecule has 0 aromatic heterocycles. The van der Waals surface area contributed by atoms with Gasteiger partial charge in [0.2, 0.25) is 15.9 Å². The summed E-state index contributed by atoms with van der Waals surface area (Å²) in [7, 11) is -3.19. The normalized spacial score (nSPS) is 16.1. The summed E-state index contributed by atoms with van der Waals surface area (Å²) in [5.41, 5.74) is 0. The van der Waals surface area contributed by atoms with Gasteiger partial charge in [0, 0.05) is 33.2 Å². The van der Waals surface area contributed by atoms with E-state index in [4.69, 9.17) is 0 Å². The average molecular weight is 381 g/mol. The number of ether oxygens (including phenoxy) is 1. The van der Waals surface area contributed by atoms with Gasteiger partial charge in [-0.3, -0.25) is 4.79 Å². The number of piperazine rings is 1. The summed E-state index contributed by atoms with van der Waals surface area (Å²) in [6.45, 7) is 1.62. The highest BCUT2D eigenvalue weighted by molar-refractivity contribution is 7.89. The van der Waals surface area contributed by atoms with E-state index >= 15 is 0 Å². The third-order valence-corrected chi connectivity index (χ3v) is 5.43. The number of carbonyl (C=O) groups excluding carboxylic acids is 1. The molecule has 25 heavy (non-hydrogen) atoms. The highest BCUT2D eigenvalue weighted by Crippen LogP contribution is 2.30. The van der Waals surface area contributed by atoms with Gasteiger partial charge in [-0.05, 0) is 12.1 Å². The predicted octanol–water partition coefficient (Wildman–Crippen LogP) is 0.638. The molecule has 0 aliphatic carbocycles. The van der Waals surface area contributed by atoms with E-state index in [1.165, 1.54) is 17.0 Å². The third kappa shape index (κ3) is 5.06. The van der Waals surface area contributed by atoms with Crippen LogP contribution in [0.4, 0.5) is 13.2 Å². The molecule has 1 aromatic carbocycles. The molecule has 1 saturated heterocycles. The predicted molar refractivity (Wildman–Crippen MR) is 82.4 cm³/mol. The lowest BCUT2D eigenvalue weighted by molar-refractivity contribution is -0.275. The lowest BCUT2D eigenvalue weighted by Crippen LogP contribution is -2.49. The van der Waals surface area contributed by atoms with Crippen molar-refractivity contribution in [3.8, 4) is 5.75 Å². The number of sulfonamides is 1. The Morgan fingerprint density at radius 1 is 1.28 bits per heavy atom. The molecule has 1 heterocycles. The first-order valence-electron chi connectivity index (χ1n) is 7.41. The number of nitrogens with zero attached hydrogens (tertiary/aromatic N) is 2. The van der Waals surface area contributed by atoms with Gasteiger partial charge >= 0.3 is 6.36 Å². The van der Waals surface area contributed by atoms with Gasteiger partial charge in [0.25, 0.3) is 0 Å². The monoisotopic (exact) mass is 381 g/mol. The van der Waals surface area contributed by atoms with E-state index in [2.05, 4.69) is 10.1 Å². The smallest absolute Gasteiger partial charge is 0.404 e. The Morgan fingerprint density at radius 2 is 1.88 bits per heavy atom. The molecular formula is C14H18F3N3O4S. The largest absolute Gasteiger partial charge is 0.573 e. The summed E-state index contributed by atoms with van der Waals surface area (Å²) in [5.74, 6) is -1.25. The standard InChI is InChI=1S/C14H18F3N3O4S/c1-19(10-13(21)20-8-6-18-7-9-20)25(22,23)12-5-3-2-4-11(12)24-14(15,16)17/h2-5,18H,6-10H2,1H3. The molecule has 0 spiro atoms. The molecule has 0 unspecified atom stereocenters. The fraction of sp³-hybridized carbons (Fsp3) is 0.500. The Balaban J connectivity index is 2.18. The van der Waals surface area contributed by atoms with Crippen LogP contribution in [0.5, 0.6) is 5.75 Å². The number of benzene rings is 1. The molecule has 0 radical (unpaired) electrons. The molecule has 2 rings (SSSR count). The summed E-state index contributed by atoms with van der Waals surface area (Å²) < 4.78 is 67.0. The van der Waals surface area contributed by atoms with Crippen LogP contribution < -0.4 is 10.1 Å². The van der Waals surface area contributed by atoms with Crippen molar-refractivity contribution in [2.45, 2.75) is 11.3 Å². The Hall–Kier alpha value is -1.85. The van der Waals surface area contributed by atoms with E-state index in [1.807, 2.05) is 0 Å². The first-order chi connectivity index (χ1) is 11.6. The van der Waals surface area contributed by atoms with E-state index in [0.717, 1.165) is 23.5 Å². The summed E-state index contributed by atoms with van der Waals surface area (Å²) in [5, 5.41) is 3.06. The summed E-state index contributed by atoms with van der Waals surface area (Å²) in [6, 6.07) is 4.42. The number of likely N-dealkylation sites (N-methyl/N-ethyl adjacent to an activating group) is 1. The molecule has 1 amide bonds. The fourth-order valence-electron chi connectivity index (χ4n) is 2.33. The second kappa shape index (κ2) is 7.58. The summed E-state index contributed by atoms with van der Waals surface area (Å²) in [4.78, 5) is 13.0. The Kier molecular flexibility index (Phi) is 5.91. The zero-order chi connectivity index (χ0) is 18.7. The molecule has 0 saturated carbocycles. The Bertz CT molecular complexity index is 718. The second-order valence-electron chi connectivity index (χ2n) is 5.39. The molecule has 7 nitrogen and oxygen atoms in total. The van der Waals surface area contributed by atoms with E-state index in [0.29, 0.717) is 26.2 Å². The minimum atomic E-state index is -5.03. The SMILES string of the molecule is CN(CC(=O)N1CCNCC1)S(=O)(=O)c1ccccc1OC(F)(F)F. The number of amides is 1. The van der Waals surface area contributed by atoms with Gasteiger partial charge < -0.3 is 15.0 Å². The molecule has 11 heteroatoms. The van der Waals surface area contributed by atoms with Crippen LogP contribution in [0.25, 0.3) is 0 Å². The minimum absolute atomic E-state index is 0.415. The van der Waals surface area contributed by atoms with Crippen molar-refractivity contribution < 1.29 is 31.1 Å². The zero-order valence-corrected chi connectivity index (χ0v) is 14.2. The van der Waals surface area contributed by atoms with Crippen LogP contribution in [0.1, 0.15) is 0 Å². The van der Waals surface area contributed by atoms with Crippen LogP contribution in [-0.4, -0.2) is 69.7 Å². The maximum atomic E-state index is 12.6. The highest BCUT2D eigenvalue weighted by Gasteiger charge is 2.35. The quantitative estimate of drug-likeness (QED) is 0.810. The first kappa shape index (κ1) is 19.5. The van der Waals surface area contributed by atoms with Crippen molar-refractivity contribution in [1.29, 1.82) is 0 Å². The maximum absolute atomic E-state index is 12.6. The van der Waals surface area contributed by atoms with Crippen LogP contribution >= 0.6 is 0 Å².